The molecule has 1 aliphatic heterocycles. The van der Waals surface area contributed by atoms with Crippen LogP contribution >= 0.6 is 0 Å². The second-order valence-electron chi connectivity index (χ2n) is 7.44. The third kappa shape index (κ3) is 6.62. The first-order valence-corrected chi connectivity index (χ1v) is 11.0. The summed E-state index contributed by atoms with van der Waals surface area (Å²) < 4.78 is 10.8. The normalized spacial score (nSPS) is 14.4. The van der Waals surface area contributed by atoms with Crippen molar-refractivity contribution in [2.24, 2.45) is 4.99 Å². The average Bonchev–Trinajstić information content (AvgIpc) is 2.83. The largest absolute Gasteiger partial charge is 0.497 e. The lowest BCUT2D eigenvalue weighted by atomic mass is 10.2. The molecule has 32 heavy (non-hydrogen) atoms. The first kappa shape index (κ1) is 23.4. The van der Waals surface area contributed by atoms with Crippen LogP contribution in [0.4, 0.5) is 11.4 Å². The number of anilines is 2. The first-order valence-electron chi connectivity index (χ1n) is 11.0. The van der Waals surface area contributed by atoms with E-state index in [1.54, 1.807) is 31.4 Å². The molecule has 1 fully saturated rings. The fourth-order valence-electron chi connectivity index (χ4n) is 3.52. The summed E-state index contributed by atoms with van der Waals surface area (Å²) >= 11 is 0. The summed E-state index contributed by atoms with van der Waals surface area (Å²) in [4.78, 5) is 20.5. The summed E-state index contributed by atoms with van der Waals surface area (Å²) in [6.45, 7) is 7.41. The molecule has 8 heteroatoms. The molecule has 0 aromatic heterocycles. The highest BCUT2D eigenvalue weighted by Crippen LogP contribution is 2.22. The number of carboxylic acids is 1. The van der Waals surface area contributed by atoms with Crippen LogP contribution in [-0.4, -0.2) is 75.0 Å². The van der Waals surface area contributed by atoms with Crippen molar-refractivity contribution in [2.45, 2.75) is 13.3 Å². The predicted molar refractivity (Wildman–Crippen MR) is 127 cm³/mol. The van der Waals surface area contributed by atoms with E-state index < -0.39 is 5.97 Å². The fraction of sp³-hybridized carbons (Fsp3) is 0.417. The third-order valence-electron chi connectivity index (χ3n) is 5.30. The molecule has 0 bridgehead atoms. The van der Waals surface area contributed by atoms with E-state index in [2.05, 4.69) is 27.2 Å². The summed E-state index contributed by atoms with van der Waals surface area (Å²) in [6.07, 6.45) is 0.848. The van der Waals surface area contributed by atoms with E-state index in [0.717, 1.165) is 55.7 Å². The number of hydrogen-bond acceptors (Lipinski definition) is 5. The Balaban J connectivity index is 1.66. The molecule has 1 aliphatic rings. The number of ether oxygens (including phenoxy) is 2. The van der Waals surface area contributed by atoms with Crippen LogP contribution in [0.3, 0.4) is 0 Å². The van der Waals surface area contributed by atoms with Gasteiger partial charge >= 0.3 is 5.97 Å². The Labute approximate surface area is 189 Å². The molecule has 3 rings (SSSR count). The van der Waals surface area contributed by atoms with Gasteiger partial charge in [-0.3, -0.25) is 4.99 Å². The Morgan fingerprint density at radius 2 is 1.88 bits per heavy atom. The maximum atomic E-state index is 11.1. The van der Waals surface area contributed by atoms with E-state index in [1.807, 2.05) is 19.1 Å². The zero-order valence-electron chi connectivity index (χ0n) is 18.8. The number of piperazine rings is 1. The third-order valence-corrected chi connectivity index (χ3v) is 5.30. The van der Waals surface area contributed by atoms with Crippen LogP contribution in [0.25, 0.3) is 0 Å². The maximum Gasteiger partial charge on any atom is 0.335 e. The molecule has 2 N–H and O–H groups in total. The number of methoxy groups -OCH3 is 1. The summed E-state index contributed by atoms with van der Waals surface area (Å²) in [5, 5.41) is 12.5. The molecule has 8 nitrogen and oxygen atoms in total. The van der Waals surface area contributed by atoms with Gasteiger partial charge in [0, 0.05) is 63.4 Å². The van der Waals surface area contributed by atoms with Gasteiger partial charge in [-0.2, -0.15) is 0 Å². The van der Waals surface area contributed by atoms with Gasteiger partial charge in [-0.05, 0) is 49.7 Å². The van der Waals surface area contributed by atoms with Crippen LogP contribution in [0, 0.1) is 0 Å². The molecule has 1 heterocycles. The van der Waals surface area contributed by atoms with Crippen molar-refractivity contribution in [2.75, 3.05) is 63.3 Å². The van der Waals surface area contributed by atoms with Crippen molar-refractivity contribution in [3.8, 4) is 5.75 Å². The maximum absolute atomic E-state index is 11.1. The molecule has 172 valence electrons. The highest BCUT2D eigenvalue weighted by Gasteiger charge is 2.20. The van der Waals surface area contributed by atoms with Crippen molar-refractivity contribution in [1.29, 1.82) is 0 Å². The quantitative estimate of drug-likeness (QED) is 0.351. The van der Waals surface area contributed by atoms with Gasteiger partial charge in [0.25, 0.3) is 0 Å². The highest BCUT2D eigenvalue weighted by atomic mass is 16.5. The Morgan fingerprint density at radius 1 is 1.12 bits per heavy atom. The van der Waals surface area contributed by atoms with Crippen molar-refractivity contribution in [3.63, 3.8) is 0 Å². The number of guanidine groups is 1. The second kappa shape index (κ2) is 12.0. The van der Waals surface area contributed by atoms with E-state index in [-0.39, 0.29) is 5.56 Å². The molecule has 0 amide bonds. The summed E-state index contributed by atoms with van der Waals surface area (Å²) in [5.41, 5.74) is 2.22. The monoisotopic (exact) mass is 440 g/mol. The van der Waals surface area contributed by atoms with Gasteiger partial charge in [0.05, 0.1) is 12.7 Å². The molecule has 0 atom stereocenters. The number of aliphatic imine (C=N–C) groups is 1. The zero-order chi connectivity index (χ0) is 22.8. The predicted octanol–water partition coefficient (Wildman–Crippen LogP) is 3.41. The van der Waals surface area contributed by atoms with Gasteiger partial charge in [-0.1, -0.05) is 6.07 Å². The molecule has 0 unspecified atom stereocenters. The Morgan fingerprint density at radius 3 is 2.53 bits per heavy atom. The van der Waals surface area contributed by atoms with Crippen molar-refractivity contribution in [3.05, 3.63) is 54.1 Å². The minimum Gasteiger partial charge on any atom is -0.497 e. The summed E-state index contributed by atoms with van der Waals surface area (Å²) in [5.74, 6) is 0.720. The van der Waals surface area contributed by atoms with Gasteiger partial charge in [0.15, 0.2) is 5.96 Å². The molecule has 0 spiro atoms. The molecule has 1 saturated heterocycles. The fourth-order valence-corrected chi connectivity index (χ4v) is 3.52. The number of aromatic carboxylic acids is 1. The van der Waals surface area contributed by atoms with Gasteiger partial charge in [0.2, 0.25) is 0 Å². The van der Waals surface area contributed by atoms with Gasteiger partial charge in [-0.15, -0.1) is 0 Å². The van der Waals surface area contributed by atoms with E-state index >= 15 is 0 Å². The van der Waals surface area contributed by atoms with Crippen molar-refractivity contribution in [1.82, 2.24) is 4.90 Å². The lowest BCUT2D eigenvalue weighted by Crippen LogP contribution is -2.50. The van der Waals surface area contributed by atoms with Crippen LogP contribution in [-0.2, 0) is 4.74 Å². The Kier molecular flexibility index (Phi) is 8.74. The van der Waals surface area contributed by atoms with E-state index in [1.165, 1.54) is 0 Å². The molecule has 0 aliphatic carbocycles. The summed E-state index contributed by atoms with van der Waals surface area (Å²) in [6, 6.07) is 14.8. The van der Waals surface area contributed by atoms with Crippen LogP contribution in [0.5, 0.6) is 5.75 Å². The number of nitrogens with zero attached hydrogens (tertiary/aromatic N) is 3. The van der Waals surface area contributed by atoms with Gasteiger partial charge in [-0.25, -0.2) is 4.79 Å². The van der Waals surface area contributed by atoms with Gasteiger partial charge in [0.1, 0.15) is 5.75 Å². The van der Waals surface area contributed by atoms with Crippen LogP contribution in [0.2, 0.25) is 0 Å². The average molecular weight is 441 g/mol. The highest BCUT2D eigenvalue weighted by molar-refractivity contribution is 5.95. The van der Waals surface area contributed by atoms with E-state index in [0.29, 0.717) is 19.8 Å². The van der Waals surface area contributed by atoms with Crippen molar-refractivity contribution >= 4 is 23.3 Å². The van der Waals surface area contributed by atoms with E-state index in [9.17, 15) is 4.79 Å². The molecule has 2 aromatic rings. The molecule has 0 radical (unpaired) electrons. The number of carbonyl (C=O) groups is 1. The number of hydrogen-bond donors (Lipinski definition) is 2. The second-order valence-corrected chi connectivity index (χ2v) is 7.44. The minimum absolute atomic E-state index is 0.262. The number of carboxylic acid groups (broad SMARTS) is 1. The molecular weight excluding hydrogens is 408 g/mol. The minimum atomic E-state index is -0.935. The first-order chi connectivity index (χ1) is 15.6. The van der Waals surface area contributed by atoms with E-state index in [4.69, 9.17) is 19.6 Å². The van der Waals surface area contributed by atoms with Crippen LogP contribution in [0.1, 0.15) is 23.7 Å². The molecule has 2 aromatic carbocycles. The van der Waals surface area contributed by atoms with Crippen LogP contribution < -0.4 is 15.0 Å². The lowest BCUT2D eigenvalue weighted by Gasteiger charge is -2.38. The Hall–Kier alpha value is -3.26. The molecule has 0 saturated carbocycles. The zero-order valence-corrected chi connectivity index (χ0v) is 18.8. The standard InChI is InChI=1S/C24H32N4O4/c1-3-32-17-5-12-25-24(26-20-10-8-19(9-11-20)23(29)30)28-15-13-27(14-16-28)21-6-4-7-22(18-21)31-2/h4,6-11,18H,3,5,12-17H2,1-2H3,(H,25,26)(H,29,30). The molecular formula is C24H32N4O4. The lowest BCUT2D eigenvalue weighted by molar-refractivity contribution is 0.0697. The number of nitrogens with one attached hydrogen (secondary N) is 1. The smallest absolute Gasteiger partial charge is 0.335 e. The Bertz CT molecular complexity index is 893. The van der Waals surface area contributed by atoms with Gasteiger partial charge < -0.3 is 29.7 Å². The number of benzene rings is 2. The van der Waals surface area contributed by atoms with Crippen molar-refractivity contribution < 1.29 is 19.4 Å². The van der Waals surface area contributed by atoms with Crippen LogP contribution in [0.15, 0.2) is 53.5 Å². The topological polar surface area (TPSA) is 86.6 Å². The SMILES string of the molecule is CCOCCCN=C(Nc1ccc(C(=O)O)cc1)N1CCN(c2cccc(OC)c2)CC1. The summed E-state index contributed by atoms with van der Waals surface area (Å²) in [7, 11) is 1.68. The number of rotatable bonds is 9.